The molecule has 0 bridgehead atoms. The number of rotatable bonds is 1. The van der Waals surface area contributed by atoms with Gasteiger partial charge in [0.2, 0.25) is 0 Å². The first kappa shape index (κ1) is 13.8. The average Bonchev–Trinajstić information content (AvgIpc) is 2.26. The number of carbonyl (C=O) groups excluding carboxylic acids is 2. The molecule has 0 radical (unpaired) electrons. The zero-order valence-corrected chi connectivity index (χ0v) is 10.6. The number of hydrogen-bond donors (Lipinski definition) is 1. The molecule has 1 aliphatic heterocycles. The van der Waals surface area contributed by atoms with Crippen LogP contribution in [0.3, 0.4) is 0 Å². The molecule has 1 saturated heterocycles. The van der Waals surface area contributed by atoms with Gasteiger partial charge in [-0.15, -0.1) is 0 Å². The van der Waals surface area contributed by atoms with E-state index in [1.165, 1.54) is 0 Å². The summed E-state index contributed by atoms with van der Waals surface area (Å²) in [6.07, 6.45) is 0.793. The summed E-state index contributed by atoms with van der Waals surface area (Å²) in [5.74, 6) is 4.21. The molecule has 0 aromatic rings. The quantitative estimate of drug-likeness (QED) is 0.697. The van der Waals surface area contributed by atoms with E-state index in [4.69, 9.17) is 10.6 Å². The van der Waals surface area contributed by atoms with Gasteiger partial charge in [-0.2, -0.15) is 5.90 Å². The maximum atomic E-state index is 11.7. The van der Waals surface area contributed by atoms with Crippen LogP contribution < -0.4 is 5.90 Å². The molecule has 0 spiro atoms. The molecule has 0 saturated carbocycles. The molecule has 6 heteroatoms. The number of ether oxygens (including phenoxy) is 1. The van der Waals surface area contributed by atoms with E-state index in [1.807, 2.05) is 20.8 Å². The highest BCUT2D eigenvalue weighted by Gasteiger charge is 2.30. The zero-order valence-electron chi connectivity index (χ0n) is 10.6. The summed E-state index contributed by atoms with van der Waals surface area (Å²) in [4.78, 5) is 28.7. The Hall–Kier alpha value is -1.30. The Balaban J connectivity index is 2.42. The van der Waals surface area contributed by atoms with Crippen LogP contribution in [0.15, 0.2) is 0 Å². The van der Waals surface area contributed by atoms with Crippen LogP contribution >= 0.6 is 0 Å². The molecule has 1 aliphatic rings. The molecule has 0 unspecified atom stereocenters. The lowest BCUT2D eigenvalue weighted by molar-refractivity contribution is -0.150. The molecular weight excluding hydrogens is 224 g/mol. The van der Waals surface area contributed by atoms with Gasteiger partial charge in [-0.05, 0) is 33.6 Å². The highest BCUT2D eigenvalue weighted by Crippen LogP contribution is 2.20. The summed E-state index contributed by atoms with van der Waals surface area (Å²) in [6.45, 7) is 6.46. The van der Waals surface area contributed by atoms with Crippen molar-refractivity contribution in [1.82, 2.24) is 4.90 Å². The van der Waals surface area contributed by atoms with E-state index in [1.54, 1.807) is 4.90 Å². The molecule has 0 aromatic heterocycles. The first-order valence-corrected chi connectivity index (χ1v) is 5.72. The van der Waals surface area contributed by atoms with Crippen LogP contribution in [0, 0.1) is 5.92 Å². The van der Waals surface area contributed by atoms with Crippen LogP contribution in [0.25, 0.3) is 0 Å². The van der Waals surface area contributed by atoms with E-state index < -0.39 is 11.6 Å². The summed E-state index contributed by atoms with van der Waals surface area (Å²) < 4.78 is 5.25. The summed E-state index contributed by atoms with van der Waals surface area (Å²) in [5.41, 5.74) is -0.496. The van der Waals surface area contributed by atoms with Crippen molar-refractivity contribution >= 4 is 12.1 Å². The fraction of sp³-hybridized carbons (Fsp3) is 0.818. The molecule has 98 valence electrons. The molecule has 6 nitrogen and oxygen atoms in total. The van der Waals surface area contributed by atoms with Crippen LogP contribution in [0.4, 0.5) is 4.79 Å². The van der Waals surface area contributed by atoms with Gasteiger partial charge in [0, 0.05) is 13.1 Å². The van der Waals surface area contributed by atoms with Crippen LogP contribution in [0.5, 0.6) is 0 Å². The van der Waals surface area contributed by atoms with Crippen molar-refractivity contribution in [2.45, 2.75) is 39.2 Å². The lowest BCUT2D eigenvalue weighted by Crippen LogP contribution is -2.43. The maximum Gasteiger partial charge on any atom is 0.410 e. The molecule has 0 atom stereocenters. The molecule has 1 rings (SSSR count). The normalized spacial score (nSPS) is 17.8. The van der Waals surface area contributed by atoms with Crippen LogP contribution in [-0.4, -0.2) is 35.7 Å². The second-order valence-electron chi connectivity index (χ2n) is 5.18. The number of hydrogen-bond acceptors (Lipinski definition) is 5. The number of nitrogens with two attached hydrogens (primary N) is 1. The van der Waals surface area contributed by atoms with E-state index >= 15 is 0 Å². The van der Waals surface area contributed by atoms with Gasteiger partial charge in [-0.3, -0.25) is 4.79 Å². The monoisotopic (exact) mass is 244 g/mol. The van der Waals surface area contributed by atoms with Crippen molar-refractivity contribution in [1.29, 1.82) is 0 Å². The summed E-state index contributed by atoms with van der Waals surface area (Å²) >= 11 is 0. The highest BCUT2D eigenvalue weighted by molar-refractivity contribution is 5.73. The number of amides is 1. The minimum absolute atomic E-state index is 0.210. The molecule has 2 N–H and O–H groups in total. The second-order valence-corrected chi connectivity index (χ2v) is 5.18. The van der Waals surface area contributed by atoms with Crippen LogP contribution in [0.1, 0.15) is 33.6 Å². The van der Waals surface area contributed by atoms with Crippen molar-refractivity contribution in [3.63, 3.8) is 0 Å². The van der Waals surface area contributed by atoms with Gasteiger partial charge in [0.05, 0.1) is 5.92 Å². The number of likely N-dealkylation sites (tertiary alicyclic amines) is 1. The third kappa shape index (κ3) is 4.22. The van der Waals surface area contributed by atoms with Gasteiger partial charge in [0.25, 0.3) is 0 Å². The molecule has 1 amide bonds. The maximum absolute atomic E-state index is 11.7. The van der Waals surface area contributed by atoms with Gasteiger partial charge < -0.3 is 14.5 Å². The Morgan fingerprint density at radius 1 is 1.24 bits per heavy atom. The molecule has 0 aromatic carbocycles. The van der Waals surface area contributed by atoms with Gasteiger partial charge in [-0.1, -0.05) is 0 Å². The van der Waals surface area contributed by atoms with Gasteiger partial charge >= 0.3 is 12.1 Å². The predicted molar refractivity (Wildman–Crippen MR) is 60.8 cm³/mol. The smallest absolute Gasteiger partial charge is 0.410 e. The first-order valence-electron chi connectivity index (χ1n) is 5.72. The first-order chi connectivity index (χ1) is 7.83. The Kier molecular flexibility index (Phi) is 4.34. The van der Waals surface area contributed by atoms with Crippen molar-refractivity contribution < 1.29 is 19.2 Å². The van der Waals surface area contributed by atoms with Crippen molar-refractivity contribution in [3.05, 3.63) is 0 Å². The topological polar surface area (TPSA) is 81.9 Å². The van der Waals surface area contributed by atoms with Gasteiger partial charge in [-0.25, -0.2) is 4.79 Å². The Bertz CT molecular complexity index is 290. The minimum Gasteiger partial charge on any atom is -0.444 e. The fourth-order valence-electron chi connectivity index (χ4n) is 1.72. The predicted octanol–water partition coefficient (Wildman–Crippen LogP) is 1.05. The van der Waals surface area contributed by atoms with E-state index in [2.05, 4.69) is 4.84 Å². The molecule has 1 fully saturated rings. The van der Waals surface area contributed by atoms with Crippen molar-refractivity contribution in [3.8, 4) is 0 Å². The van der Waals surface area contributed by atoms with E-state index in [-0.39, 0.29) is 12.0 Å². The van der Waals surface area contributed by atoms with E-state index in [9.17, 15) is 9.59 Å². The number of carbonyl (C=O) groups is 2. The zero-order chi connectivity index (χ0) is 13.1. The third-order valence-electron chi connectivity index (χ3n) is 2.60. The number of nitrogens with zero attached hydrogens (tertiary/aromatic N) is 1. The van der Waals surface area contributed by atoms with E-state index in [0.717, 1.165) is 0 Å². The third-order valence-corrected chi connectivity index (χ3v) is 2.60. The number of piperidine rings is 1. The summed E-state index contributed by atoms with van der Waals surface area (Å²) in [7, 11) is 0. The molecule has 1 heterocycles. The molecule has 17 heavy (non-hydrogen) atoms. The Morgan fingerprint density at radius 3 is 2.18 bits per heavy atom. The Labute approximate surface area is 101 Å². The molecular formula is C11H20N2O4. The van der Waals surface area contributed by atoms with Crippen molar-refractivity contribution in [2.75, 3.05) is 13.1 Å². The highest BCUT2D eigenvalue weighted by atomic mass is 16.7. The summed E-state index contributed by atoms with van der Waals surface area (Å²) in [6, 6.07) is 0. The second kappa shape index (κ2) is 5.35. The van der Waals surface area contributed by atoms with Crippen LogP contribution in [0.2, 0.25) is 0 Å². The van der Waals surface area contributed by atoms with Gasteiger partial charge in [0.15, 0.2) is 0 Å². The SMILES string of the molecule is CC(C)(C)OC(=O)N1CCC(C(=O)ON)CC1. The largest absolute Gasteiger partial charge is 0.444 e. The van der Waals surface area contributed by atoms with Crippen LogP contribution in [-0.2, 0) is 14.4 Å². The standard InChI is InChI=1S/C11H20N2O4/c1-11(2,3)16-10(15)13-6-4-8(5-7-13)9(14)17-12/h8H,4-7,12H2,1-3H3. The fourth-order valence-corrected chi connectivity index (χ4v) is 1.72. The summed E-state index contributed by atoms with van der Waals surface area (Å²) in [5, 5.41) is 0. The minimum atomic E-state index is -0.496. The lowest BCUT2D eigenvalue weighted by atomic mass is 9.97. The molecule has 0 aliphatic carbocycles. The Morgan fingerprint density at radius 2 is 1.76 bits per heavy atom. The van der Waals surface area contributed by atoms with Gasteiger partial charge in [0.1, 0.15) is 5.60 Å². The van der Waals surface area contributed by atoms with E-state index in [0.29, 0.717) is 25.9 Å². The lowest BCUT2D eigenvalue weighted by Gasteiger charge is -2.32. The average molecular weight is 244 g/mol. The van der Waals surface area contributed by atoms with Crippen molar-refractivity contribution in [2.24, 2.45) is 11.8 Å².